The second-order valence-electron chi connectivity index (χ2n) is 7.15. The number of carbonyl (C=O) groups excluding carboxylic acids is 2. The highest BCUT2D eigenvalue weighted by atomic mass is 32.2. The summed E-state index contributed by atoms with van der Waals surface area (Å²) in [4.78, 5) is 30.9. The zero-order chi connectivity index (χ0) is 24.0. The van der Waals surface area contributed by atoms with Gasteiger partial charge in [0.25, 0.3) is 15.7 Å². The van der Waals surface area contributed by atoms with Crippen LogP contribution >= 0.6 is 0 Å². The van der Waals surface area contributed by atoms with Gasteiger partial charge in [-0.2, -0.15) is 13.2 Å². The summed E-state index contributed by atoms with van der Waals surface area (Å²) in [6.07, 6.45) is 0. The van der Waals surface area contributed by atoms with E-state index in [0.29, 0.717) is 29.1 Å². The van der Waals surface area contributed by atoms with Crippen LogP contribution in [0.25, 0.3) is 10.9 Å². The molecule has 0 spiro atoms. The Morgan fingerprint density at radius 1 is 1.06 bits per heavy atom. The van der Waals surface area contributed by atoms with Crippen LogP contribution < -0.4 is 9.64 Å². The number of fused-ring (bicyclic) bond motifs is 1. The maximum atomic E-state index is 12.9. The number of alkyl halides is 3. The number of sulfone groups is 1. The van der Waals surface area contributed by atoms with Gasteiger partial charge in [0.05, 0.1) is 23.2 Å². The van der Waals surface area contributed by atoms with Crippen LogP contribution in [0.4, 0.5) is 23.7 Å². The molecule has 8 nitrogen and oxygen atoms in total. The summed E-state index contributed by atoms with van der Waals surface area (Å²) >= 11 is 0. The van der Waals surface area contributed by atoms with Crippen molar-refractivity contribution in [3.63, 3.8) is 0 Å². The molecule has 0 atom stereocenters. The first-order chi connectivity index (χ1) is 15.5. The summed E-state index contributed by atoms with van der Waals surface area (Å²) in [5, 5.41) is 0.763. The maximum absolute atomic E-state index is 12.9. The number of methoxy groups -OCH3 is 1. The zero-order valence-electron chi connectivity index (χ0n) is 17.0. The number of amides is 3. The van der Waals surface area contributed by atoms with Crippen molar-refractivity contribution in [2.75, 3.05) is 18.6 Å². The Hall–Kier alpha value is -3.67. The number of nitrogens with zero attached hydrogens (tertiary/aromatic N) is 3. The molecule has 1 fully saturated rings. The van der Waals surface area contributed by atoms with Gasteiger partial charge in [0, 0.05) is 18.0 Å². The molecule has 33 heavy (non-hydrogen) atoms. The Balaban J connectivity index is 1.61. The van der Waals surface area contributed by atoms with E-state index in [1.54, 1.807) is 24.3 Å². The lowest BCUT2D eigenvalue weighted by molar-refractivity contribution is -0.116. The quantitative estimate of drug-likeness (QED) is 0.520. The molecule has 3 aromatic rings. The van der Waals surface area contributed by atoms with Gasteiger partial charge in [-0.3, -0.25) is 4.79 Å². The highest BCUT2D eigenvalue weighted by molar-refractivity contribution is 7.92. The molecule has 0 saturated carbocycles. The SMILES string of the molecule is COc1cc(CN2CC(=O)N(c3ccc(S(=O)(=O)C(F)(F)F)cc3)C2=O)c2ccccc2n1. The van der Waals surface area contributed by atoms with Gasteiger partial charge >= 0.3 is 11.5 Å². The zero-order valence-corrected chi connectivity index (χ0v) is 17.9. The fourth-order valence-corrected chi connectivity index (χ4v) is 4.26. The third-order valence-corrected chi connectivity index (χ3v) is 6.60. The van der Waals surface area contributed by atoms with Crippen molar-refractivity contribution < 1.29 is 35.9 Å². The van der Waals surface area contributed by atoms with Crippen molar-refractivity contribution in [2.45, 2.75) is 16.9 Å². The Morgan fingerprint density at radius 3 is 2.36 bits per heavy atom. The number of aromatic nitrogens is 1. The molecule has 0 unspecified atom stereocenters. The molecular formula is C21H16F3N3O5S. The standard InChI is InChI=1S/C21H16F3N3O5S/c1-32-18-10-13(16-4-2-3-5-17(16)25-18)11-26-12-19(28)27(20(26)29)14-6-8-15(9-7-14)33(30,31)21(22,23)24/h2-10H,11-12H2,1H3. The molecule has 4 rings (SSSR count). The van der Waals surface area contributed by atoms with Crippen LogP contribution in [-0.2, 0) is 21.2 Å². The summed E-state index contributed by atoms with van der Waals surface area (Å²) < 4.78 is 66.5. The number of rotatable bonds is 5. The first-order valence-electron chi connectivity index (χ1n) is 9.49. The normalized spacial score (nSPS) is 14.9. The number of hydrogen-bond donors (Lipinski definition) is 0. The third-order valence-electron chi connectivity index (χ3n) is 5.10. The highest BCUT2D eigenvalue weighted by Crippen LogP contribution is 2.32. The van der Waals surface area contributed by atoms with Crippen molar-refractivity contribution in [1.29, 1.82) is 0 Å². The van der Waals surface area contributed by atoms with Gasteiger partial charge in [0.1, 0.15) is 6.54 Å². The van der Waals surface area contributed by atoms with Crippen LogP contribution in [0.3, 0.4) is 0 Å². The van der Waals surface area contributed by atoms with Gasteiger partial charge in [-0.05, 0) is 35.9 Å². The van der Waals surface area contributed by atoms with E-state index in [1.165, 1.54) is 12.0 Å². The number of pyridine rings is 1. The van der Waals surface area contributed by atoms with Crippen LogP contribution in [0.5, 0.6) is 5.88 Å². The molecule has 2 heterocycles. The lowest BCUT2D eigenvalue weighted by atomic mass is 10.1. The Kier molecular flexibility index (Phi) is 5.48. The topological polar surface area (TPSA) is 96.9 Å². The molecule has 1 aliphatic rings. The smallest absolute Gasteiger partial charge is 0.481 e. The van der Waals surface area contributed by atoms with Gasteiger partial charge in [-0.25, -0.2) is 23.1 Å². The summed E-state index contributed by atoms with van der Waals surface area (Å²) in [6.45, 7) is -0.207. The molecule has 12 heteroatoms. The predicted octanol–water partition coefficient (Wildman–Crippen LogP) is 3.51. The minimum absolute atomic E-state index is 0.0363. The molecule has 1 saturated heterocycles. The van der Waals surface area contributed by atoms with Gasteiger partial charge in [-0.1, -0.05) is 18.2 Å². The minimum Gasteiger partial charge on any atom is -0.481 e. The summed E-state index contributed by atoms with van der Waals surface area (Å²) in [5.74, 6) is -0.267. The Labute approximate surface area is 186 Å². The summed E-state index contributed by atoms with van der Waals surface area (Å²) in [5.41, 5.74) is -4.17. The fraction of sp³-hybridized carbons (Fsp3) is 0.190. The molecular weight excluding hydrogens is 463 g/mol. The summed E-state index contributed by atoms with van der Waals surface area (Å²) in [7, 11) is -4.09. The first kappa shape index (κ1) is 22.5. The number of urea groups is 1. The number of para-hydroxylation sites is 1. The molecule has 2 aromatic carbocycles. The van der Waals surface area contributed by atoms with Crippen LogP contribution in [0, 0.1) is 0 Å². The van der Waals surface area contributed by atoms with E-state index in [4.69, 9.17) is 4.74 Å². The number of hydrogen-bond acceptors (Lipinski definition) is 6. The van der Waals surface area contributed by atoms with E-state index in [2.05, 4.69) is 4.98 Å². The van der Waals surface area contributed by atoms with E-state index in [-0.39, 0.29) is 18.8 Å². The Bertz CT molecular complexity index is 1360. The number of imide groups is 1. The molecule has 1 aromatic heterocycles. The largest absolute Gasteiger partial charge is 0.501 e. The number of benzene rings is 2. The molecule has 0 bridgehead atoms. The molecule has 0 radical (unpaired) electrons. The average molecular weight is 479 g/mol. The maximum Gasteiger partial charge on any atom is 0.501 e. The second-order valence-corrected chi connectivity index (χ2v) is 9.09. The third kappa shape index (κ3) is 3.97. The van der Waals surface area contributed by atoms with Gasteiger partial charge < -0.3 is 9.64 Å². The van der Waals surface area contributed by atoms with E-state index in [1.807, 2.05) is 6.07 Å². The minimum atomic E-state index is -5.54. The fourth-order valence-electron chi connectivity index (χ4n) is 3.50. The lowest BCUT2D eigenvalue weighted by Crippen LogP contribution is -2.33. The van der Waals surface area contributed by atoms with Crippen molar-refractivity contribution in [3.8, 4) is 5.88 Å². The average Bonchev–Trinajstić information content (AvgIpc) is 3.05. The number of carbonyl (C=O) groups is 2. The number of ether oxygens (including phenoxy) is 1. The molecule has 172 valence electrons. The van der Waals surface area contributed by atoms with E-state index >= 15 is 0 Å². The summed E-state index contributed by atoms with van der Waals surface area (Å²) in [6, 6.07) is 11.6. The second kappa shape index (κ2) is 8.03. The van der Waals surface area contributed by atoms with E-state index in [0.717, 1.165) is 22.4 Å². The van der Waals surface area contributed by atoms with Crippen LogP contribution in [0.15, 0.2) is 59.5 Å². The lowest BCUT2D eigenvalue weighted by Gasteiger charge is -2.18. The number of anilines is 1. The van der Waals surface area contributed by atoms with Crippen LogP contribution in [0.1, 0.15) is 5.56 Å². The van der Waals surface area contributed by atoms with Gasteiger partial charge in [0.15, 0.2) is 0 Å². The number of halogens is 3. The first-order valence-corrected chi connectivity index (χ1v) is 11.0. The van der Waals surface area contributed by atoms with Crippen molar-refractivity contribution in [1.82, 2.24) is 9.88 Å². The predicted molar refractivity (Wildman–Crippen MR) is 111 cm³/mol. The Morgan fingerprint density at radius 2 is 1.73 bits per heavy atom. The molecule has 0 aliphatic carbocycles. The van der Waals surface area contributed by atoms with Crippen molar-refractivity contribution >= 4 is 38.4 Å². The monoisotopic (exact) mass is 479 g/mol. The van der Waals surface area contributed by atoms with Crippen LogP contribution in [-0.4, -0.2) is 49.4 Å². The van der Waals surface area contributed by atoms with E-state index in [9.17, 15) is 31.2 Å². The van der Waals surface area contributed by atoms with Crippen molar-refractivity contribution in [3.05, 3.63) is 60.2 Å². The van der Waals surface area contributed by atoms with Crippen LogP contribution in [0.2, 0.25) is 0 Å². The molecule has 0 N–H and O–H groups in total. The van der Waals surface area contributed by atoms with E-state index < -0.39 is 32.2 Å². The van der Waals surface area contributed by atoms with Crippen molar-refractivity contribution in [2.24, 2.45) is 0 Å². The van der Waals surface area contributed by atoms with Gasteiger partial charge in [0.2, 0.25) is 5.88 Å². The highest BCUT2D eigenvalue weighted by Gasteiger charge is 2.47. The molecule has 1 aliphatic heterocycles. The van der Waals surface area contributed by atoms with Gasteiger partial charge in [-0.15, -0.1) is 0 Å². The molecule has 3 amide bonds.